The van der Waals surface area contributed by atoms with Gasteiger partial charge in [0.05, 0.1) is 0 Å². The molecule has 17 heavy (non-hydrogen) atoms. The number of aryl methyl sites for hydroxylation is 1. The smallest absolute Gasteiger partial charge is 0.139 e. The van der Waals surface area contributed by atoms with E-state index in [1.165, 1.54) is 5.56 Å². The Morgan fingerprint density at radius 3 is 2.47 bits per heavy atom. The van der Waals surface area contributed by atoms with Gasteiger partial charge in [-0.15, -0.1) is 0 Å². The lowest BCUT2D eigenvalue weighted by Gasteiger charge is -2.01. The third kappa shape index (κ3) is 3.83. The fourth-order valence-corrected chi connectivity index (χ4v) is 1.72. The van der Waals surface area contributed by atoms with Gasteiger partial charge in [-0.2, -0.15) is 0 Å². The van der Waals surface area contributed by atoms with Crippen molar-refractivity contribution in [2.75, 3.05) is 0 Å². The van der Waals surface area contributed by atoms with Gasteiger partial charge in [0, 0.05) is 24.7 Å². The molecule has 0 aliphatic rings. The molecule has 0 bridgehead atoms. The van der Waals surface area contributed by atoms with Crippen LogP contribution in [0.1, 0.15) is 17.7 Å². The maximum absolute atomic E-state index is 11.7. The van der Waals surface area contributed by atoms with E-state index >= 15 is 0 Å². The van der Waals surface area contributed by atoms with Crippen LogP contribution in [0.4, 0.5) is 0 Å². The van der Waals surface area contributed by atoms with Crippen molar-refractivity contribution in [1.29, 1.82) is 0 Å². The van der Waals surface area contributed by atoms with Gasteiger partial charge in [-0.3, -0.25) is 9.78 Å². The van der Waals surface area contributed by atoms with Crippen LogP contribution in [0.3, 0.4) is 0 Å². The molecule has 0 fully saturated rings. The Balaban J connectivity index is 1.83. The molecule has 2 nitrogen and oxygen atoms in total. The van der Waals surface area contributed by atoms with Gasteiger partial charge in [-0.05, 0) is 24.1 Å². The molecular formula is C15H15NO. The van der Waals surface area contributed by atoms with Crippen LogP contribution in [-0.2, 0) is 17.6 Å². The molecule has 1 aromatic heterocycles. The van der Waals surface area contributed by atoms with Gasteiger partial charge in [-0.1, -0.05) is 36.4 Å². The minimum atomic E-state index is 0.243. The zero-order chi connectivity index (χ0) is 11.9. The monoisotopic (exact) mass is 225 g/mol. The van der Waals surface area contributed by atoms with E-state index in [-0.39, 0.29) is 5.78 Å². The summed E-state index contributed by atoms with van der Waals surface area (Å²) in [6.45, 7) is 0. The maximum Gasteiger partial charge on any atom is 0.139 e. The van der Waals surface area contributed by atoms with Gasteiger partial charge in [0.2, 0.25) is 0 Å². The molecule has 2 rings (SSSR count). The molecule has 0 saturated heterocycles. The second-order valence-corrected chi connectivity index (χ2v) is 4.02. The highest BCUT2D eigenvalue weighted by Crippen LogP contribution is 2.05. The highest BCUT2D eigenvalue weighted by Gasteiger charge is 2.04. The Hall–Kier alpha value is -1.96. The van der Waals surface area contributed by atoms with Crippen LogP contribution in [0.25, 0.3) is 0 Å². The fourth-order valence-electron chi connectivity index (χ4n) is 1.72. The van der Waals surface area contributed by atoms with Crippen LogP contribution in [-0.4, -0.2) is 10.8 Å². The van der Waals surface area contributed by atoms with Crippen molar-refractivity contribution in [2.24, 2.45) is 0 Å². The summed E-state index contributed by atoms with van der Waals surface area (Å²) >= 11 is 0. The number of Topliss-reactive ketones (excluding diaryl/α,β-unsaturated/α-hetero) is 1. The summed E-state index contributed by atoms with van der Waals surface area (Å²) in [5, 5.41) is 0. The normalized spacial score (nSPS) is 10.1. The van der Waals surface area contributed by atoms with Crippen LogP contribution in [0, 0.1) is 0 Å². The maximum atomic E-state index is 11.7. The van der Waals surface area contributed by atoms with Crippen molar-refractivity contribution in [1.82, 2.24) is 4.98 Å². The Morgan fingerprint density at radius 1 is 1.00 bits per heavy atom. The molecule has 0 spiro atoms. The van der Waals surface area contributed by atoms with Crippen molar-refractivity contribution in [3.05, 3.63) is 66.0 Å². The number of rotatable bonds is 5. The average Bonchev–Trinajstić information content (AvgIpc) is 2.39. The first kappa shape index (κ1) is 11.5. The zero-order valence-corrected chi connectivity index (χ0v) is 9.67. The van der Waals surface area contributed by atoms with Crippen LogP contribution in [0.15, 0.2) is 54.7 Å². The minimum Gasteiger partial charge on any atom is -0.299 e. The summed E-state index contributed by atoms with van der Waals surface area (Å²) in [5.41, 5.74) is 2.06. The van der Waals surface area contributed by atoms with Gasteiger partial charge in [0.1, 0.15) is 5.78 Å². The summed E-state index contributed by atoms with van der Waals surface area (Å²) in [5.74, 6) is 0.243. The number of carbonyl (C=O) groups is 1. The lowest BCUT2D eigenvalue weighted by Crippen LogP contribution is -2.05. The molecule has 2 aromatic rings. The minimum absolute atomic E-state index is 0.243. The van der Waals surface area contributed by atoms with E-state index in [1.54, 1.807) is 6.20 Å². The van der Waals surface area contributed by atoms with E-state index in [0.29, 0.717) is 12.8 Å². The lowest BCUT2D eigenvalue weighted by atomic mass is 10.1. The fraction of sp³-hybridized carbons (Fsp3) is 0.200. The predicted molar refractivity (Wildman–Crippen MR) is 67.7 cm³/mol. The number of ketones is 1. The van der Waals surface area contributed by atoms with Crippen molar-refractivity contribution in [3.63, 3.8) is 0 Å². The van der Waals surface area contributed by atoms with E-state index < -0.39 is 0 Å². The molecule has 0 unspecified atom stereocenters. The highest BCUT2D eigenvalue weighted by molar-refractivity contribution is 5.80. The summed E-state index contributed by atoms with van der Waals surface area (Å²) in [6, 6.07) is 15.7. The Morgan fingerprint density at radius 2 is 1.76 bits per heavy atom. The lowest BCUT2D eigenvalue weighted by molar-refractivity contribution is -0.118. The first-order valence-electron chi connectivity index (χ1n) is 5.80. The van der Waals surface area contributed by atoms with Crippen LogP contribution in [0.2, 0.25) is 0 Å². The van der Waals surface area contributed by atoms with E-state index in [2.05, 4.69) is 4.98 Å². The standard InChI is InChI=1S/C15H15NO/c17-15(12-14-8-4-5-11-16-14)10-9-13-6-2-1-3-7-13/h1-8,11H,9-10,12H2. The molecule has 0 radical (unpaired) electrons. The molecule has 1 aromatic carbocycles. The van der Waals surface area contributed by atoms with Crippen molar-refractivity contribution in [2.45, 2.75) is 19.3 Å². The summed E-state index contributed by atoms with van der Waals surface area (Å²) in [7, 11) is 0. The number of carbonyl (C=O) groups excluding carboxylic acids is 1. The third-order valence-electron chi connectivity index (χ3n) is 2.64. The summed E-state index contributed by atoms with van der Waals surface area (Å²) in [4.78, 5) is 15.9. The zero-order valence-electron chi connectivity index (χ0n) is 9.67. The van der Waals surface area contributed by atoms with E-state index in [0.717, 1.165) is 12.1 Å². The first-order chi connectivity index (χ1) is 8.34. The van der Waals surface area contributed by atoms with E-state index in [1.807, 2.05) is 48.5 Å². The van der Waals surface area contributed by atoms with Gasteiger partial charge < -0.3 is 0 Å². The van der Waals surface area contributed by atoms with Crippen molar-refractivity contribution in [3.8, 4) is 0 Å². The number of pyridine rings is 1. The molecular weight excluding hydrogens is 210 g/mol. The molecule has 0 saturated carbocycles. The molecule has 0 N–H and O–H groups in total. The van der Waals surface area contributed by atoms with Crippen LogP contribution >= 0.6 is 0 Å². The molecule has 2 heteroatoms. The number of hydrogen-bond acceptors (Lipinski definition) is 2. The summed E-state index contributed by atoms with van der Waals surface area (Å²) < 4.78 is 0. The third-order valence-corrected chi connectivity index (χ3v) is 2.64. The van der Waals surface area contributed by atoms with Crippen LogP contribution in [0.5, 0.6) is 0 Å². The quantitative estimate of drug-likeness (QED) is 0.783. The highest BCUT2D eigenvalue weighted by atomic mass is 16.1. The van der Waals surface area contributed by atoms with Crippen molar-refractivity contribution >= 4 is 5.78 Å². The molecule has 86 valence electrons. The van der Waals surface area contributed by atoms with Gasteiger partial charge in [-0.25, -0.2) is 0 Å². The van der Waals surface area contributed by atoms with Gasteiger partial charge in [0.25, 0.3) is 0 Å². The number of hydrogen-bond donors (Lipinski definition) is 0. The number of nitrogens with zero attached hydrogens (tertiary/aromatic N) is 1. The topological polar surface area (TPSA) is 30.0 Å². The van der Waals surface area contributed by atoms with Gasteiger partial charge >= 0.3 is 0 Å². The summed E-state index contributed by atoms with van der Waals surface area (Å²) in [6.07, 6.45) is 3.56. The Kier molecular flexibility index (Phi) is 4.03. The molecule has 0 aliphatic carbocycles. The largest absolute Gasteiger partial charge is 0.299 e. The Bertz CT molecular complexity index is 465. The van der Waals surface area contributed by atoms with E-state index in [9.17, 15) is 4.79 Å². The number of benzene rings is 1. The van der Waals surface area contributed by atoms with Crippen LogP contribution < -0.4 is 0 Å². The van der Waals surface area contributed by atoms with Gasteiger partial charge in [0.15, 0.2) is 0 Å². The predicted octanol–water partition coefficient (Wildman–Crippen LogP) is 2.83. The molecule has 0 amide bonds. The average molecular weight is 225 g/mol. The SMILES string of the molecule is O=C(CCc1ccccc1)Cc1ccccn1. The first-order valence-corrected chi connectivity index (χ1v) is 5.80. The van der Waals surface area contributed by atoms with E-state index in [4.69, 9.17) is 0 Å². The van der Waals surface area contributed by atoms with Crippen molar-refractivity contribution < 1.29 is 4.79 Å². The second kappa shape index (κ2) is 5.94. The molecule has 0 atom stereocenters. The molecule has 1 heterocycles. The molecule has 0 aliphatic heterocycles. The second-order valence-electron chi connectivity index (χ2n) is 4.02. The number of aromatic nitrogens is 1. The Labute approximate surface area is 101 Å².